The standard InChI is InChI=1S/C15H22N2O3/c1-10-14(7-8-20-10)17(2)15(19)13(16)9-11-3-5-12(18)6-4-11/h3-6,10,13-14,18H,7-9,16H2,1-2H3. The Bertz CT molecular complexity index is 461. The molecule has 110 valence electrons. The Kier molecular flexibility index (Phi) is 4.62. The molecule has 20 heavy (non-hydrogen) atoms. The van der Waals surface area contributed by atoms with Gasteiger partial charge in [-0.25, -0.2) is 0 Å². The van der Waals surface area contributed by atoms with E-state index >= 15 is 0 Å². The first-order valence-corrected chi connectivity index (χ1v) is 6.91. The number of carbonyl (C=O) groups is 1. The van der Waals surface area contributed by atoms with Crippen LogP contribution >= 0.6 is 0 Å². The summed E-state index contributed by atoms with van der Waals surface area (Å²) in [6.07, 6.45) is 1.38. The monoisotopic (exact) mass is 278 g/mol. The van der Waals surface area contributed by atoms with Crippen LogP contribution < -0.4 is 5.73 Å². The van der Waals surface area contributed by atoms with E-state index in [0.29, 0.717) is 13.0 Å². The molecule has 1 aromatic rings. The van der Waals surface area contributed by atoms with Crippen LogP contribution in [0.2, 0.25) is 0 Å². The molecule has 1 saturated heterocycles. The van der Waals surface area contributed by atoms with Gasteiger partial charge in [0.2, 0.25) is 5.91 Å². The number of hydrogen-bond donors (Lipinski definition) is 2. The van der Waals surface area contributed by atoms with Crippen LogP contribution in [0.1, 0.15) is 18.9 Å². The number of rotatable bonds is 4. The molecule has 1 heterocycles. The van der Waals surface area contributed by atoms with Crippen LogP contribution in [-0.2, 0) is 16.0 Å². The number of nitrogens with two attached hydrogens (primary N) is 1. The van der Waals surface area contributed by atoms with Crippen molar-refractivity contribution in [2.45, 2.75) is 38.0 Å². The molecule has 1 aliphatic rings. The van der Waals surface area contributed by atoms with Gasteiger partial charge in [-0.1, -0.05) is 12.1 Å². The summed E-state index contributed by atoms with van der Waals surface area (Å²) in [6.45, 7) is 2.67. The van der Waals surface area contributed by atoms with Gasteiger partial charge in [0.1, 0.15) is 5.75 Å². The zero-order valence-electron chi connectivity index (χ0n) is 12.0. The van der Waals surface area contributed by atoms with Gasteiger partial charge in [0.25, 0.3) is 0 Å². The van der Waals surface area contributed by atoms with E-state index in [2.05, 4.69) is 0 Å². The summed E-state index contributed by atoms with van der Waals surface area (Å²) >= 11 is 0. The van der Waals surface area contributed by atoms with E-state index in [4.69, 9.17) is 10.5 Å². The van der Waals surface area contributed by atoms with Gasteiger partial charge in [0.15, 0.2) is 0 Å². The molecule has 2 rings (SSSR count). The van der Waals surface area contributed by atoms with Crippen LogP contribution in [-0.4, -0.2) is 47.8 Å². The molecule has 0 spiro atoms. The predicted molar refractivity (Wildman–Crippen MR) is 76.4 cm³/mol. The summed E-state index contributed by atoms with van der Waals surface area (Å²) in [7, 11) is 1.79. The van der Waals surface area contributed by atoms with Crippen molar-refractivity contribution in [3.05, 3.63) is 29.8 Å². The van der Waals surface area contributed by atoms with E-state index < -0.39 is 6.04 Å². The van der Waals surface area contributed by atoms with Crippen molar-refractivity contribution in [1.29, 1.82) is 0 Å². The number of benzene rings is 1. The molecule has 3 unspecified atom stereocenters. The van der Waals surface area contributed by atoms with E-state index in [1.165, 1.54) is 0 Å². The van der Waals surface area contributed by atoms with Crippen LogP contribution in [0.15, 0.2) is 24.3 Å². The molecular formula is C15H22N2O3. The van der Waals surface area contributed by atoms with Crippen molar-refractivity contribution in [2.75, 3.05) is 13.7 Å². The van der Waals surface area contributed by atoms with E-state index in [1.54, 1.807) is 36.2 Å². The Morgan fingerprint density at radius 1 is 1.50 bits per heavy atom. The molecule has 1 fully saturated rings. The SMILES string of the molecule is CC1OCCC1N(C)C(=O)C(N)Cc1ccc(O)cc1. The summed E-state index contributed by atoms with van der Waals surface area (Å²) in [5.74, 6) is 0.142. The average molecular weight is 278 g/mol. The predicted octanol–water partition coefficient (Wildman–Crippen LogP) is 0.898. The summed E-state index contributed by atoms with van der Waals surface area (Å²) in [5.41, 5.74) is 6.94. The number of carbonyl (C=O) groups excluding carboxylic acids is 1. The molecule has 1 aliphatic heterocycles. The number of nitrogens with zero attached hydrogens (tertiary/aromatic N) is 1. The molecule has 5 nitrogen and oxygen atoms in total. The van der Waals surface area contributed by atoms with Gasteiger partial charge in [0.05, 0.1) is 18.2 Å². The van der Waals surface area contributed by atoms with Crippen LogP contribution in [0, 0.1) is 0 Å². The van der Waals surface area contributed by atoms with Gasteiger partial charge in [-0.3, -0.25) is 4.79 Å². The zero-order chi connectivity index (χ0) is 14.7. The Morgan fingerprint density at radius 3 is 2.70 bits per heavy atom. The lowest BCUT2D eigenvalue weighted by Gasteiger charge is -2.29. The second-order valence-corrected chi connectivity index (χ2v) is 5.36. The molecule has 3 atom stereocenters. The van der Waals surface area contributed by atoms with Gasteiger partial charge in [-0.2, -0.15) is 0 Å². The quantitative estimate of drug-likeness (QED) is 0.858. The molecule has 1 aromatic carbocycles. The Labute approximate surface area is 119 Å². The van der Waals surface area contributed by atoms with Crippen molar-refractivity contribution in [3.63, 3.8) is 0 Å². The molecule has 0 saturated carbocycles. The lowest BCUT2D eigenvalue weighted by atomic mass is 10.0. The number of amides is 1. The van der Waals surface area contributed by atoms with E-state index in [1.807, 2.05) is 6.92 Å². The highest BCUT2D eigenvalue weighted by Gasteiger charge is 2.32. The van der Waals surface area contributed by atoms with Crippen LogP contribution in [0.4, 0.5) is 0 Å². The second-order valence-electron chi connectivity index (χ2n) is 5.36. The fourth-order valence-corrected chi connectivity index (χ4v) is 2.63. The third kappa shape index (κ3) is 3.29. The summed E-state index contributed by atoms with van der Waals surface area (Å²) < 4.78 is 5.49. The Morgan fingerprint density at radius 2 is 2.15 bits per heavy atom. The van der Waals surface area contributed by atoms with Gasteiger partial charge < -0.3 is 20.5 Å². The Hall–Kier alpha value is -1.59. The van der Waals surface area contributed by atoms with Gasteiger partial charge in [-0.05, 0) is 37.5 Å². The molecule has 1 amide bonds. The zero-order valence-corrected chi connectivity index (χ0v) is 12.0. The summed E-state index contributed by atoms with van der Waals surface area (Å²) in [4.78, 5) is 14.1. The maximum Gasteiger partial charge on any atom is 0.239 e. The van der Waals surface area contributed by atoms with Gasteiger partial charge in [-0.15, -0.1) is 0 Å². The first-order chi connectivity index (χ1) is 9.49. The minimum atomic E-state index is -0.572. The fraction of sp³-hybridized carbons (Fsp3) is 0.533. The summed E-state index contributed by atoms with van der Waals surface area (Å²) in [5, 5.41) is 9.24. The number of phenols is 1. The molecule has 3 N–H and O–H groups in total. The molecular weight excluding hydrogens is 256 g/mol. The first kappa shape index (κ1) is 14.8. The van der Waals surface area contributed by atoms with Crippen molar-refractivity contribution in [3.8, 4) is 5.75 Å². The molecule has 0 aliphatic carbocycles. The lowest BCUT2D eigenvalue weighted by molar-refractivity contribution is -0.134. The number of likely N-dealkylation sites (N-methyl/N-ethyl adjacent to an activating group) is 1. The normalized spacial score (nSPS) is 23.6. The highest BCUT2D eigenvalue weighted by molar-refractivity contribution is 5.82. The average Bonchev–Trinajstić information content (AvgIpc) is 2.86. The topological polar surface area (TPSA) is 75.8 Å². The maximum absolute atomic E-state index is 12.3. The third-order valence-electron chi connectivity index (χ3n) is 3.89. The largest absolute Gasteiger partial charge is 0.508 e. The first-order valence-electron chi connectivity index (χ1n) is 6.91. The number of hydrogen-bond acceptors (Lipinski definition) is 4. The van der Waals surface area contributed by atoms with Crippen molar-refractivity contribution in [2.24, 2.45) is 5.73 Å². The van der Waals surface area contributed by atoms with E-state index in [9.17, 15) is 9.90 Å². The van der Waals surface area contributed by atoms with E-state index in [0.717, 1.165) is 12.0 Å². The van der Waals surface area contributed by atoms with Crippen LogP contribution in [0.3, 0.4) is 0 Å². The van der Waals surface area contributed by atoms with E-state index in [-0.39, 0.29) is 23.8 Å². The van der Waals surface area contributed by atoms with Gasteiger partial charge in [0, 0.05) is 13.7 Å². The minimum absolute atomic E-state index is 0.0600. The van der Waals surface area contributed by atoms with Crippen molar-refractivity contribution < 1.29 is 14.6 Å². The van der Waals surface area contributed by atoms with Gasteiger partial charge >= 0.3 is 0 Å². The highest BCUT2D eigenvalue weighted by Crippen LogP contribution is 2.19. The molecule has 0 aromatic heterocycles. The minimum Gasteiger partial charge on any atom is -0.508 e. The number of ether oxygens (including phenoxy) is 1. The van der Waals surface area contributed by atoms with Crippen molar-refractivity contribution >= 4 is 5.91 Å². The number of aromatic hydroxyl groups is 1. The maximum atomic E-state index is 12.3. The Balaban J connectivity index is 1.95. The summed E-state index contributed by atoms with van der Waals surface area (Å²) in [6, 6.07) is 6.30. The molecule has 5 heteroatoms. The van der Waals surface area contributed by atoms with Crippen LogP contribution in [0.5, 0.6) is 5.75 Å². The molecule has 0 bridgehead atoms. The third-order valence-corrected chi connectivity index (χ3v) is 3.89. The smallest absolute Gasteiger partial charge is 0.239 e. The molecule has 0 radical (unpaired) electrons. The highest BCUT2D eigenvalue weighted by atomic mass is 16.5. The van der Waals surface area contributed by atoms with Crippen molar-refractivity contribution in [1.82, 2.24) is 4.90 Å². The second kappa shape index (κ2) is 6.24. The van der Waals surface area contributed by atoms with Crippen LogP contribution in [0.25, 0.3) is 0 Å². The fourth-order valence-electron chi connectivity index (χ4n) is 2.63. The lowest BCUT2D eigenvalue weighted by Crippen LogP contribution is -2.49. The number of phenolic OH excluding ortho intramolecular Hbond substituents is 1.